The minimum absolute atomic E-state index is 0.0729. The van der Waals surface area contributed by atoms with E-state index in [2.05, 4.69) is 10.6 Å². The predicted octanol–water partition coefficient (Wildman–Crippen LogP) is 5.33. The molecule has 0 radical (unpaired) electrons. The molecule has 0 bridgehead atoms. The van der Waals surface area contributed by atoms with Crippen LogP contribution in [-0.4, -0.2) is 17.6 Å². The Kier molecular flexibility index (Phi) is 7.07. The number of halogens is 2. The van der Waals surface area contributed by atoms with Crippen molar-refractivity contribution >= 4 is 46.6 Å². The molecule has 2 amide bonds. The van der Waals surface area contributed by atoms with E-state index in [0.717, 1.165) is 0 Å². The smallest absolute Gasteiger partial charge is 0.256 e. The molecule has 0 aromatic heterocycles. The normalized spacial score (nSPS) is 10.2. The largest absolute Gasteiger partial charge is 0.325 e. The van der Waals surface area contributed by atoms with Crippen LogP contribution in [0.1, 0.15) is 15.9 Å². The summed E-state index contributed by atoms with van der Waals surface area (Å²) in [4.78, 5) is 25.5. The molecule has 0 atom stereocenters. The predicted molar refractivity (Wildman–Crippen MR) is 116 cm³/mol. The van der Waals surface area contributed by atoms with Crippen molar-refractivity contribution in [2.75, 3.05) is 16.4 Å². The van der Waals surface area contributed by atoms with Gasteiger partial charge in [-0.25, -0.2) is 4.39 Å². The van der Waals surface area contributed by atoms with Gasteiger partial charge in [-0.1, -0.05) is 29.8 Å². The van der Waals surface area contributed by atoms with E-state index in [-0.39, 0.29) is 16.7 Å². The number of anilines is 2. The number of amides is 2. The van der Waals surface area contributed by atoms with Crippen molar-refractivity contribution in [2.24, 2.45) is 0 Å². The molecule has 150 valence electrons. The Morgan fingerprint density at radius 3 is 2.53 bits per heavy atom. The summed E-state index contributed by atoms with van der Waals surface area (Å²) in [5.74, 6) is -1.17. The lowest BCUT2D eigenvalue weighted by Gasteiger charge is -2.11. The molecular formula is C22H15ClFN3O2S. The highest BCUT2D eigenvalue weighted by molar-refractivity contribution is 8.00. The van der Waals surface area contributed by atoms with Crippen LogP contribution in [0, 0.1) is 17.1 Å². The molecule has 0 saturated heterocycles. The summed E-state index contributed by atoms with van der Waals surface area (Å²) >= 11 is 6.96. The lowest BCUT2D eigenvalue weighted by Crippen LogP contribution is -2.16. The van der Waals surface area contributed by atoms with E-state index < -0.39 is 11.7 Å². The van der Waals surface area contributed by atoms with Crippen molar-refractivity contribution in [3.8, 4) is 6.07 Å². The Morgan fingerprint density at radius 1 is 1.00 bits per heavy atom. The SMILES string of the molecule is N#Cc1cccc(NC(=O)CSc2ccccc2C(=O)Nc2ccc(F)c(Cl)c2)c1. The number of nitrogens with zero attached hydrogens (tertiary/aromatic N) is 1. The van der Waals surface area contributed by atoms with E-state index in [0.29, 0.717) is 27.4 Å². The number of rotatable bonds is 6. The van der Waals surface area contributed by atoms with Gasteiger partial charge in [-0.3, -0.25) is 9.59 Å². The van der Waals surface area contributed by atoms with Crippen LogP contribution in [0.4, 0.5) is 15.8 Å². The molecule has 30 heavy (non-hydrogen) atoms. The zero-order chi connectivity index (χ0) is 21.5. The molecule has 3 rings (SSSR count). The van der Waals surface area contributed by atoms with Gasteiger partial charge in [0.15, 0.2) is 0 Å². The van der Waals surface area contributed by atoms with Crippen LogP contribution < -0.4 is 10.6 Å². The highest BCUT2D eigenvalue weighted by Crippen LogP contribution is 2.25. The molecule has 0 aliphatic rings. The van der Waals surface area contributed by atoms with E-state index in [1.807, 2.05) is 6.07 Å². The minimum atomic E-state index is -0.572. The minimum Gasteiger partial charge on any atom is -0.325 e. The fourth-order valence-corrected chi connectivity index (χ4v) is 3.59. The summed E-state index contributed by atoms with van der Waals surface area (Å²) in [5, 5.41) is 14.2. The molecule has 0 fully saturated rings. The molecule has 2 N–H and O–H groups in total. The first kappa shape index (κ1) is 21.4. The number of benzene rings is 3. The van der Waals surface area contributed by atoms with Crippen molar-refractivity contribution in [1.82, 2.24) is 0 Å². The quantitative estimate of drug-likeness (QED) is 0.508. The van der Waals surface area contributed by atoms with Crippen LogP contribution in [-0.2, 0) is 4.79 Å². The van der Waals surface area contributed by atoms with Crippen molar-refractivity contribution in [2.45, 2.75) is 4.90 Å². The number of carbonyl (C=O) groups excluding carboxylic acids is 2. The summed E-state index contributed by atoms with van der Waals surface area (Å²) in [6.45, 7) is 0. The first-order valence-corrected chi connectivity index (χ1v) is 10.1. The molecular weight excluding hydrogens is 425 g/mol. The second-order valence-corrected chi connectivity index (χ2v) is 7.53. The maximum Gasteiger partial charge on any atom is 0.256 e. The third-order valence-corrected chi connectivity index (χ3v) is 5.31. The molecule has 0 aliphatic heterocycles. The summed E-state index contributed by atoms with van der Waals surface area (Å²) in [6.07, 6.45) is 0. The van der Waals surface area contributed by atoms with Crippen molar-refractivity contribution < 1.29 is 14.0 Å². The number of nitriles is 1. The van der Waals surface area contributed by atoms with Gasteiger partial charge >= 0.3 is 0 Å². The van der Waals surface area contributed by atoms with Gasteiger partial charge < -0.3 is 10.6 Å². The van der Waals surface area contributed by atoms with Gasteiger partial charge in [0.05, 0.1) is 28.0 Å². The van der Waals surface area contributed by atoms with E-state index in [1.165, 1.54) is 30.0 Å². The summed E-state index contributed by atoms with van der Waals surface area (Å²) in [6, 6.07) is 19.4. The zero-order valence-corrected chi connectivity index (χ0v) is 17.1. The molecule has 3 aromatic rings. The summed E-state index contributed by atoms with van der Waals surface area (Å²) < 4.78 is 13.3. The van der Waals surface area contributed by atoms with Gasteiger partial charge in [-0.2, -0.15) is 5.26 Å². The molecule has 3 aromatic carbocycles. The second kappa shape index (κ2) is 9.92. The molecule has 8 heteroatoms. The number of hydrogen-bond donors (Lipinski definition) is 2. The average molecular weight is 440 g/mol. The van der Waals surface area contributed by atoms with Crippen molar-refractivity contribution in [1.29, 1.82) is 5.26 Å². The van der Waals surface area contributed by atoms with Crippen LogP contribution in [0.15, 0.2) is 71.6 Å². The Bertz CT molecular complexity index is 1150. The third-order valence-electron chi connectivity index (χ3n) is 3.94. The van der Waals surface area contributed by atoms with Gasteiger partial charge in [0.1, 0.15) is 5.82 Å². The highest BCUT2D eigenvalue weighted by Gasteiger charge is 2.14. The number of hydrogen-bond acceptors (Lipinski definition) is 4. The Morgan fingerprint density at radius 2 is 1.77 bits per heavy atom. The van der Waals surface area contributed by atoms with Crippen LogP contribution in [0.5, 0.6) is 0 Å². The molecule has 0 saturated carbocycles. The molecule has 0 spiro atoms. The van der Waals surface area contributed by atoms with Gasteiger partial charge in [-0.15, -0.1) is 11.8 Å². The Balaban J connectivity index is 1.65. The van der Waals surface area contributed by atoms with Crippen LogP contribution in [0.25, 0.3) is 0 Å². The topological polar surface area (TPSA) is 82.0 Å². The van der Waals surface area contributed by atoms with Crippen molar-refractivity contribution in [3.05, 3.63) is 88.7 Å². The van der Waals surface area contributed by atoms with Crippen LogP contribution in [0.3, 0.4) is 0 Å². The Hall–Kier alpha value is -3.34. The summed E-state index contributed by atoms with van der Waals surface area (Å²) in [7, 11) is 0. The van der Waals surface area contributed by atoms with Crippen molar-refractivity contribution in [3.63, 3.8) is 0 Å². The molecule has 5 nitrogen and oxygen atoms in total. The lowest BCUT2D eigenvalue weighted by molar-refractivity contribution is -0.113. The molecule has 0 unspecified atom stereocenters. The van der Waals surface area contributed by atoms with E-state index >= 15 is 0 Å². The monoisotopic (exact) mass is 439 g/mol. The Labute approximate surface area is 181 Å². The van der Waals surface area contributed by atoms with Crippen LogP contribution >= 0.6 is 23.4 Å². The van der Waals surface area contributed by atoms with E-state index in [4.69, 9.17) is 16.9 Å². The highest BCUT2D eigenvalue weighted by atomic mass is 35.5. The maximum absolute atomic E-state index is 13.3. The fraction of sp³-hybridized carbons (Fsp3) is 0.0455. The first-order chi connectivity index (χ1) is 14.5. The van der Waals surface area contributed by atoms with Gasteiger partial charge in [0.2, 0.25) is 5.91 Å². The average Bonchev–Trinajstić information content (AvgIpc) is 2.75. The standard InChI is InChI=1S/C22H15ClFN3O2S/c23-18-11-16(8-9-19(18)24)27-22(29)17-6-1-2-7-20(17)30-13-21(28)26-15-5-3-4-14(10-15)12-25/h1-11H,13H2,(H,26,28)(H,27,29). The zero-order valence-electron chi connectivity index (χ0n) is 15.5. The fourth-order valence-electron chi connectivity index (χ4n) is 2.56. The van der Waals surface area contributed by atoms with Gasteiger partial charge in [0.25, 0.3) is 5.91 Å². The second-order valence-electron chi connectivity index (χ2n) is 6.11. The van der Waals surface area contributed by atoms with Crippen LogP contribution in [0.2, 0.25) is 5.02 Å². The summed E-state index contributed by atoms with van der Waals surface area (Å²) in [5.41, 5.74) is 1.71. The van der Waals surface area contributed by atoms with Gasteiger partial charge in [0, 0.05) is 16.3 Å². The third kappa shape index (κ3) is 5.60. The van der Waals surface area contributed by atoms with E-state index in [9.17, 15) is 14.0 Å². The maximum atomic E-state index is 13.3. The number of nitrogens with one attached hydrogen (secondary N) is 2. The molecule has 0 aliphatic carbocycles. The number of carbonyl (C=O) groups is 2. The van der Waals surface area contributed by atoms with E-state index in [1.54, 1.807) is 48.5 Å². The van der Waals surface area contributed by atoms with Gasteiger partial charge in [-0.05, 0) is 48.5 Å². The lowest BCUT2D eigenvalue weighted by atomic mass is 10.2. The number of thioether (sulfide) groups is 1. The first-order valence-electron chi connectivity index (χ1n) is 8.74. The molecule has 0 heterocycles.